The Kier molecular flexibility index (Phi) is 4.70. The van der Waals surface area contributed by atoms with Gasteiger partial charge in [0.15, 0.2) is 5.69 Å². The maximum absolute atomic E-state index is 12.8. The number of nitrogens with zero attached hydrogens (tertiary/aromatic N) is 5. The second kappa shape index (κ2) is 7.15. The lowest BCUT2D eigenvalue weighted by Crippen LogP contribution is -2.37. The molecule has 1 aliphatic rings. The Bertz CT molecular complexity index is 964. The van der Waals surface area contributed by atoms with E-state index in [1.54, 1.807) is 9.36 Å². The van der Waals surface area contributed by atoms with E-state index >= 15 is 0 Å². The molecular formula is C20H26N6O. The Morgan fingerprint density at radius 3 is 2.67 bits per heavy atom. The molecule has 0 unspecified atom stereocenters. The van der Waals surface area contributed by atoms with Crippen LogP contribution in [0.5, 0.6) is 0 Å². The Balaban J connectivity index is 1.56. The van der Waals surface area contributed by atoms with E-state index in [-0.39, 0.29) is 5.91 Å². The molecule has 4 rings (SSSR count). The minimum absolute atomic E-state index is 0.0946. The second-order valence-electron chi connectivity index (χ2n) is 7.56. The smallest absolute Gasteiger partial charge is 0.272 e. The number of carbonyl (C=O) groups excluding carboxylic acids is 1. The van der Waals surface area contributed by atoms with E-state index < -0.39 is 0 Å². The first-order valence-corrected chi connectivity index (χ1v) is 9.44. The first kappa shape index (κ1) is 17.7. The van der Waals surface area contributed by atoms with Crippen LogP contribution < -0.4 is 5.32 Å². The summed E-state index contributed by atoms with van der Waals surface area (Å²) >= 11 is 0. The van der Waals surface area contributed by atoms with E-state index in [0.29, 0.717) is 18.2 Å². The number of amides is 1. The van der Waals surface area contributed by atoms with Gasteiger partial charge in [0.2, 0.25) is 0 Å². The minimum Gasteiger partial charge on any atom is -0.350 e. The third-order valence-electron chi connectivity index (χ3n) is 5.49. The third-order valence-corrected chi connectivity index (χ3v) is 5.49. The maximum atomic E-state index is 12.8. The van der Waals surface area contributed by atoms with Gasteiger partial charge in [-0.15, -0.1) is 0 Å². The Morgan fingerprint density at radius 2 is 1.96 bits per heavy atom. The SMILES string of the molecule is CN1CCC(CNC(=O)c2nn(C)c3ccc(-c4cnn(C)c4)cc23)CC1. The third kappa shape index (κ3) is 3.60. The summed E-state index contributed by atoms with van der Waals surface area (Å²) in [6, 6.07) is 6.09. The first-order chi connectivity index (χ1) is 13.0. The average molecular weight is 366 g/mol. The van der Waals surface area contributed by atoms with Gasteiger partial charge in [-0.25, -0.2) is 0 Å². The lowest BCUT2D eigenvalue weighted by atomic mass is 9.97. The van der Waals surface area contributed by atoms with Crippen molar-refractivity contribution in [2.75, 3.05) is 26.7 Å². The predicted molar refractivity (Wildman–Crippen MR) is 105 cm³/mol. The maximum Gasteiger partial charge on any atom is 0.272 e. The molecule has 0 radical (unpaired) electrons. The van der Waals surface area contributed by atoms with Crippen molar-refractivity contribution in [3.05, 3.63) is 36.3 Å². The highest BCUT2D eigenvalue weighted by molar-refractivity contribution is 6.05. The quantitative estimate of drug-likeness (QED) is 0.767. The molecule has 1 N–H and O–H groups in total. The number of hydrogen-bond donors (Lipinski definition) is 1. The molecule has 0 saturated carbocycles. The standard InChI is InChI=1S/C20H26N6O/c1-24-8-6-14(7-9-24)11-21-20(27)19-17-10-15(16-12-22-25(2)13-16)4-5-18(17)26(3)23-19/h4-5,10,12-14H,6-9,11H2,1-3H3,(H,21,27). The van der Waals surface area contributed by atoms with Gasteiger partial charge in [0.1, 0.15) is 0 Å². The number of likely N-dealkylation sites (tertiary alicyclic amines) is 1. The number of carbonyl (C=O) groups is 1. The van der Waals surface area contributed by atoms with E-state index in [9.17, 15) is 4.79 Å². The monoisotopic (exact) mass is 366 g/mol. The van der Waals surface area contributed by atoms with Gasteiger partial charge in [-0.2, -0.15) is 10.2 Å². The molecule has 0 atom stereocenters. The Hall–Kier alpha value is -2.67. The Labute approximate surface area is 158 Å². The normalized spacial score (nSPS) is 16.1. The second-order valence-corrected chi connectivity index (χ2v) is 7.56. The molecule has 1 saturated heterocycles. The fourth-order valence-electron chi connectivity index (χ4n) is 3.77. The molecule has 1 aromatic carbocycles. The van der Waals surface area contributed by atoms with Crippen LogP contribution in [-0.2, 0) is 14.1 Å². The van der Waals surface area contributed by atoms with Crippen LogP contribution in [0.4, 0.5) is 0 Å². The highest BCUT2D eigenvalue weighted by atomic mass is 16.1. The fourth-order valence-corrected chi connectivity index (χ4v) is 3.77. The van der Waals surface area contributed by atoms with Crippen LogP contribution in [0.3, 0.4) is 0 Å². The van der Waals surface area contributed by atoms with E-state index in [4.69, 9.17) is 0 Å². The van der Waals surface area contributed by atoms with E-state index in [2.05, 4.69) is 27.5 Å². The number of fused-ring (bicyclic) bond motifs is 1. The van der Waals surface area contributed by atoms with Crippen LogP contribution in [-0.4, -0.2) is 57.1 Å². The molecule has 7 heteroatoms. The van der Waals surface area contributed by atoms with Crippen LogP contribution in [0, 0.1) is 5.92 Å². The van der Waals surface area contributed by atoms with Crippen LogP contribution >= 0.6 is 0 Å². The number of hydrogen-bond acceptors (Lipinski definition) is 4. The Morgan fingerprint density at radius 1 is 1.19 bits per heavy atom. The average Bonchev–Trinajstić information content (AvgIpc) is 3.24. The first-order valence-electron chi connectivity index (χ1n) is 9.44. The van der Waals surface area contributed by atoms with Crippen LogP contribution in [0.15, 0.2) is 30.6 Å². The summed E-state index contributed by atoms with van der Waals surface area (Å²) in [5, 5.41) is 12.7. The molecule has 142 valence electrons. The van der Waals surface area contributed by atoms with Gasteiger partial charge < -0.3 is 10.2 Å². The summed E-state index contributed by atoms with van der Waals surface area (Å²) < 4.78 is 3.55. The van der Waals surface area contributed by atoms with Crippen molar-refractivity contribution in [3.8, 4) is 11.1 Å². The number of piperidine rings is 1. The highest BCUT2D eigenvalue weighted by Gasteiger charge is 2.20. The summed E-state index contributed by atoms with van der Waals surface area (Å²) in [4.78, 5) is 15.2. The molecule has 0 aliphatic carbocycles. The van der Waals surface area contributed by atoms with E-state index in [1.807, 2.05) is 44.7 Å². The number of rotatable bonds is 4. The molecular weight excluding hydrogens is 340 g/mol. The molecule has 1 fully saturated rings. The molecule has 3 aromatic rings. The summed E-state index contributed by atoms with van der Waals surface area (Å²) in [5.74, 6) is 0.453. The number of aromatic nitrogens is 4. The van der Waals surface area contributed by atoms with Crippen molar-refractivity contribution in [1.29, 1.82) is 0 Å². The zero-order valence-electron chi connectivity index (χ0n) is 16.1. The number of benzene rings is 1. The van der Waals surface area contributed by atoms with Gasteiger partial charge >= 0.3 is 0 Å². The lowest BCUT2D eigenvalue weighted by Gasteiger charge is -2.28. The topological polar surface area (TPSA) is 68.0 Å². The van der Waals surface area contributed by atoms with Crippen molar-refractivity contribution in [3.63, 3.8) is 0 Å². The van der Waals surface area contributed by atoms with Crippen molar-refractivity contribution < 1.29 is 4.79 Å². The van der Waals surface area contributed by atoms with Gasteiger partial charge in [-0.05, 0) is 56.6 Å². The van der Waals surface area contributed by atoms with Crippen molar-refractivity contribution in [1.82, 2.24) is 29.8 Å². The molecule has 1 aliphatic heterocycles. The predicted octanol–water partition coefficient (Wildman–Crippen LogP) is 2.05. The highest BCUT2D eigenvalue weighted by Crippen LogP contribution is 2.26. The summed E-state index contributed by atoms with van der Waals surface area (Å²) in [5.41, 5.74) is 3.51. The van der Waals surface area contributed by atoms with Gasteiger partial charge in [0.25, 0.3) is 5.91 Å². The van der Waals surface area contributed by atoms with Crippen molar-refractivity contribution in [2.24, 2.45) is 20.0 Å². The minimum atomic E-state index is -0.0946. The number of nitrogens with one attached hydrogen (secondary N) is 1. The zero-order chi connectivity index (χ0) is 19.0. The van der Waals surface area contributed by atoms with E-state index in [1.165, 1.54) is 0 Å². The molecule has 0 spiro atoms. The van der Waals surface area contributed by atoms with Gasteiger partial charge in [-0.1, -0.05) is 6.07 Å². The fraction of sp³-hybridized carbons (Fsp3) is 0.450. The van der Waals surface area contributed by atoms with Crippen molar-refractivity contribution >= 4 is 16.8 Å². The molecule has 3 heterocycles. The van der Waals surface area contributed by atoms with Crippen LogP contribution in [0.1, 0.15) is 23.3 Å². The summed E-state index contributed by atoms with van der Waals surface area (Å²) in [6.45, 7) is 2.91. The van der Waals surface area contributed by atoms with Crippen molar-refractivity contribution in [2.45, 2.75) is 12.8 Å². The zero-order valence-corrected chi connectivity index (χ0v) is 16.1. The van der Waals surface area contributed by atoms with Crippen LogP contribution in [0.25, 0.3) is 22.0 Å². The molecule has 0 bridgehead atoms. The molecule has 1 amide bonds. The largest absolute Gasteiger partial charge is 0.350 e. The lowest BCUT2D eigenvalue weighted by molar-refractivity contribution is 0.0935. The van der Waals surface area contributed by atoms with Gasteiger partial charge in [0, 0.05) is 37.8 Å². The summed E-state index contributed by atoms with van der Waals surface area (Å²) in [6.07, 6.45) is 6.06. The van der Waals surface area contributed by atoms with Crippen LogP contribution in [0.2, 0.25) is 0 Å². The summed E-state index contributed by atoms with van der Waals surface area (Å²) in [7, 11) is 5.92. The van der Waals surface area contributed by atoms with E-state index in [0.717, 1.165) is 48.0 Å². The molecule has 2 aromatic heterocycles. The van der Waals surface area contributed by atoms with Gasteiger partial charge in [0.05, 0.1) is 11.7 Å². The molecule has 27 heavy (non-hydrogen) atoms. The molecule has 7 nitrogen and oxygen atoms in total. The number of aryl methyl sites for hydroxylation is 2. The van der Waals surface area contributed by atoms with Gasteiger partial charge in [-0.3, -0.25) is 14.2 Å².